The molecule has 0 amide bonds. The highest BCUT2D eigenvalue weighted by Crippen LogP contribution is 2.01. The molecule has 14 heavy (non-hydrogen) atoms. The van der Waals surface area contributed by atoms with Crippen molar-refractivity contribution in [2.75, 3.05) is 6.61 Å². The molecule has 0 aliphatic rings. The van der Waals surface area contributed by atoms with E-state index in [9.17, 15) is 4.79 Å². The Hall–Kier alpha value is -1.49. The molecule has 0 aliphatic carbocycles. The van der Waals surface area contributed by atoms with E-state index in [-0.39, 0.29) is 25.0 Å². The minimum absolute atomic E-state index is 0.0447. The van der Waals surface area contributed by atoms with Gasteiger partial charge in [0.25, 0.3) is 0 Å². The molecule has 5 heteroatoms. The van der Waals surface area contributed by atoms with Crippen molar-refractivity contribution >= 4 is 5.78 Å². The van der Waals surface area contributed by atoms with Gasteiger partial charge >= 0.3 is 6.01 Å². The molecule has 0 aromatic carbocycles. The zero-order valence-corrected chi connectivity index (χ0v) is 7.93. The Balaban J connectivity index is 2.35. The molecule has 0 aliphatic heterocycles. The van der Waals surface area contributed by atoms with Crippen molar-refractivity contribution < 1.29 is 14.6 Å². The van der Waals surface area contributed by atoms with Crippen molar-refractivity contribution in [3.05, 3.63) is 18.0 Å². The Bertz CT molecular complexity index is 315. The number of nitrogens with zero attached hydrogens (tertiary/aromatic N) is 2. The second-order valence-electron chi connectivity index (χ2n) is 2.73. The molecule has 1 N–H and O–H groups in total. The summed E-state index contributed by atoms with van der Waals surface area (Å²) in [6, 6.07) is 1.34. The Labute approximate surface area is 81.8 Å². The molecular formula is C9H12N2O3. The summed E-state index contributed by atoms with van der Waals surface area (Å²) in [6.07, 6.45) is 1.90. The summed E-state index contributed by atoms with van der Waals surface area (Å²) in [5.74, 6) is 0.0447. The summed E-state index contributed by atoms with van der Waals surface area (Å²) in [7, 11) is 0. The van der Waals surface area contributed by atoms with Crippen LogP contribution in [0.5, 0.6) is 6.01 Å². The van der Waals surface area contributed by atoms with Gasteiger partial charge in [0.2, 0.25) is 0 Å². The topological polar surface area (TPSA) is 72.3 Å². The molecule has 5 nitrogen and oxygen atoms in total. The zero-order chi connectivity index (χ0) is 10.4. The average Bonchev–Trinajstić information content (AvgIpc) is 2.17. The molecule has 1 rings (SSSR count). The standard InChI is InChI=1S/C9H12N2O3/c1-2-8(12)6-14-5-7-3-4-10-9(13)11-7/h3-4H,2,5-6H2,1H3,(H,10,11,13). The van der Waals surface area contributed by atoms with Crippen molar-refractivity contribution in [3.8, 4) is 6.01 Å². The van der Waals surface area contributed by atoms with E-state index in [1.165, 1.54) is 6.20 Å². The minimum Gasteiger partial charge on any atom is -0.479 e. The number of aromatic nitrogens is 2. The highest BCUT2D eigenvalue weighted by molar-refractivity contribution is 5.79. The normalized spacial score (nSPS) is 10.1. The maximum atomic E-state index is 10.9. The van der Waals surface area contributed by atoms with Crippen LogP contribution in [0, 0.1) is 0 Å². The second-order valence-corrected chi connectivity index (χ2v) is 2.73. The van der Waals surface area contributed by atoms with E-state index in [1.54, 1.807) is 13.0 Å². The van der Waals surface area contributed by atoms with E-state index in [2.05, 4.69) is 9.97 Å². The minimum atomic E-state index is -0.284. The van der Waals surface area contributed by atoms with Gasteiger partial charge in [-0.2, -0.15) is 4.98 Å². The second kappa shape index (κ2) is 5.29. The number of hydrogen-bond acceptors (Lipinski definition) is 5. The van der Waals surface area contributed by atoms with Crippen LogP contribution in [0.3, 0.4) is 0 Å². The summed E-state index contributed by atoms with van der Waals surface area (Å²) in [4.78, 5) is 18.1. The molecule has 0 radical (unpaired) electrons. The summed E-state index contributed by atoms with van der Waals surface area (Å²) >= 11 is 0. The van der Waals surface area contributed by atoms with Gasteiger partial charge in [0.15, 0.2) is 5.78 Å². The number of ketones is 1. The van der Waals surface area contributed by atoms with Gasteiger partial charge in [-0.25, -0.2) is 4.98 Å². The molecule has 76 valence electrons. The van der Waals surface area contributed by atoms with E-state index in [4.69, 9.17) is 9.84 Å². The van der Waals surface area contributed by atoms with Gasteiger partial charge in [-0.1, -0.05) is 6.92 Å². The first-order chi connectivity index (χ1) is 6.72. The number of carbonyl (C=O) groups is 1. The molecule has 1 heterocycles. The van der Waals surface area contributed by atoms with E-state index < -0.39 is 0 Å². The molecule has 0 bridgehead atoms. The largest absolute Gasteiger partial charge is 0.479 e. The lowest BCUT2D eigenvalue weighted by Crippen LogP contribution is -2.07. The molecule has 0 spiro atoms. The third-order valence-corrected chi connectivity index (χ3v) is 1.61. The van der Waals surface area contributed by atoms with Gasteiger partial charge in [-0.3, -0.25) is 4.79 Å². The predicted octanol–water partition coefficient (Wildman–Crippen LogP) is 0.678. The number of aromatic hydroxyl groups is 1. The Morgan fingerprint density at radius 3 is 3.07 bits per heavy atom. The third-order valence-electron chi connectivity index (χ3n) is 1.61. The zero-order valence-electron chi connectivity index (χ0n) is 7.93. The van der Waals surface area contributed by atoms with Crippen molar-refractivity contribution in [2.45, 2.75) is 20.0 Å². The Morgan fingerprint density at radius 1 is 1.64 bits per heavy atom. The van der Waals surface area contributed by atoms with Crippen LogP contribution in [0.4, 0.5) is 0 Å². The van der Waals surface area contributed by atoms with Crippen LogP contribution in [0.2, 0.25) is 0 Å². The lowest BCUT2D eigenvalue weighted by Gasteiger charge is -2.01. The van der Waals surface area contributed by atoms with Gasteiger partial charge in [-0.15, -0.1) is 0 Å². The first kappa shape index (κ1) is 10.6. The predicted molar refractivity (Wildman–Crippen MR) is 48.7 cm³/mol. The first-order valence-electron chi connectivity index (χ1n) is 4.32. The van der Waals surface area contributed by atoms with Crippen molar-refractivity contribution in [1.82, 2.24) is 9.97 Å². The quantitative estimate of drug-likeness (QED) is 0.749. The number of rotatable bonds is 5. The van der Waals surface area contributed by atoms with Gasteiger partial charge in [0.1, 0.15) is 6.61 Å². The Morgan fingerprint density at radius 2 is 2.43 bits per heavy atom. The van der Waals surface area contributed by atoms with Crippen molar-refractivity contribution in [3.63, 3.8) is 0 Å². The fourth-order valence-electron chi connectivity index (χ4n) is 0.836. The van der Waals surface area contributed by atoms with E-state index in [0.29, 0.717) is 12.1 Å². The third kappa shape index (κ3) is 3.49. The van der Waals surface area contributed by atoms with Crippen LogP contribution in [0.15, 0.2) is 12.3 Å². The van der Waals surface area contributed by atoms with Crippen LogP contribution in [0.25, 0.3) is 0 Å². The number of hydrogen-bond donors (Lipinski definition) is 1. The fourth-order valence-corrected chi connectivity index (χ4v) is 0.836. The molecule has 0 saturated carbocycles. The molecular weight excluding hydrogens is 184 g/mol. The maximum Gasteiger partial charge on any atom is 0.314 e. The van der Waals surface area contributed by atoms with Crippen molar-refractivity contribution in [2.24, 2.45) is 0 Å². The molecule has 0 unspecified atom stereocenters. The van der Waals surface area contributed by atoms with Gasteiger partial charge in [0, 0.05) is 12.6 Å². The SMILES string of the molecule is CCC(=O)COCc1ccnc(O)n1. The van der Waals surface area contributed by atoms with Gasteiger partial charge < -0.3 is 9.84 Å². The molecule has 1 aromatic heterocycles. The molecule has 1 aromatic rings. The molecule has 0 atom stereocenters. The number of ether oxygens (including phenoxy) is 1. The van der Waals surface area contributed by atoms with Gasteiger partial charge in [0.05, 0.1) is 12.3 Å². The van der Waals surface area contributed by atoms with Crippen LogP contribution in [0.1, 0.15) is 19.0 Å². The summed E-state index contributed by atoms with van der Waals surface area (Å²) < 4.78 is 5.08. The lowest BCUT2D eigenvalue weighted by atomic mass is 10.3. The summed E-state index contributed by atoms with van der Waals surface area (Å²) in [6.45, 7) is 2.07. The van der Waals surface area contributed by atoms with Crippen LogP contribution >= 0.6 is 0 Å². The highest BCUT2D eigenvalue weighted by atomic mass is 16.5. The number of carbonyl (C=O) groups excluding carboxylic acids is 1. The van der Waals surface area contributed by atoms with E-state index >= 15 is 0 Å². The Kier molecular flexibility index (Phi) is 4.00. The van der Waals surface area contributed by atoms with Crippen LogP contribution in [-0.2, 0) is 16.1 Å². The highest BCUT2D eigenvalue weighted by Gasteiger charge is 2.00. The summed E-state index contributed by atoms with van der Waals surface area (Å²) in [5, 5.41) is 8.92. The van der Waals surface area contributed by atoms with E-state index in [1.807, 2.05) is 0 Å². The van der Waals surface area contributed by atoms with Crippen molar-refractivity contribution in [1.29, 1.82) is 0 Å². The monoisotopic (exact) mass is 196 g/mol. The molecule has 0 fully saturated rings. The first-order valence-corrected chi connectivity index (χ1v) is 4.32. The molecule has 0 saturated heterocycles. The average molecular weight is 196 g/mol. The van der Waals surface area contributed by atoms with Gasteiger partial charge in [-0.05, 0) is 6.07 Å². The van der Waals surface area contributed by atoms with E-state index in [0.717, 1.165) is 0 Å². The maximum absolute atomic E-state index is 10.9. The van der Waals surface area contributed by atoms with Crippen LogP contribution in [-0.4, -0.2) is 27.5 Å². The number of Topliss-reactive ketones (excluding diaryl/α,β-unsaturated/α-hetero) is 1. The summed E-state index contributed by atoms with van der Waals surface area (Å²) in [5.41, 5.74) is 0.557. The fraction of sp³-hybridized carbons (Fsp3) is 0.444. The smallest absolute Gasteiger partial charge is 0.314 e. The van der Waals surface area contributed by atoms with Crippen LogP contribution < -0.4 is 0 Å². The lowest BCUT2D eigenvalue weighted by molar-refractivity contribution is -0.123.